The van der Waals surface area contributed by atoms with Crippen LogP contribution in [0.2, 0.25) is 0 Å². The minimum Gasteiger partial charge on any atom is -0.313 e. The molecule has 0 saturated heterocycles. The molecule has 1 heteroatoms. The van der Waals surface area contributed by atoms with Crippen LogP contribution < -0.4 is 5.32 Å². The van der Waals surface area contributed by atoms with E-state index < -0.39 is 0 Å². The Morgan fingerprint density at radius 2 is 1.76 bits per heavy atom. The van der Waals surface area contributed by atoms with E-state index in [0.717, 1.165) is 12.8 Å². The zero-order valence-corrected chi connectivity index (χ0v) is 11.9. The lowest BCUT2D eigenvalue weighted by molar-refractivity contribution is 0.447. The standard InChI is InChI=1S/C16H25N/c1-6-11-8-13-14(9-12(11)7-2)16(3,4)10-15(13)17-5/h8-9,15,17H,6-7,10H2,1-5H3. The summed E-state index contributed by atoms with van der Waals surface area (Å²) in [5.74, 6) is 0. The number of benzene rings is 1. The summed E-state index contributed by atoms with van der Waals surface area (Å²) >= 11 is 0. The summed E-state index contributed by atoms with van der Waals surface area (Å²) < 4.78 is 0. The Labute approximate surface area is 106 Å². The first-order chi connectivity index (χ1) is 8.03. The summed E-state index contributed by atoms with van der Waals surface area (Å²) in [6.07, 6.45) is 3.51. The molecule has 1 N–H and O–H groups in total. The molecule has 0 heterocycles. The van der Waals surface area contributed by atoms with Gasteiger partial charge in [-0.15, -0.1) is 0 Å². The molecule has 1 aliphatic rings. The molecule has 1 aliphatic carbocycles. The van der Waals surface area contributed by atoms with Crippen LogP contribution in [0.5, 0.6) is 0 Å². The van der Waals surface area contributed by atoms with Crippen molar-refractivity contribution in [2.45, 2.75) is 58.4 Å². The maximum atomic E-state index is 3.46. The second kappa shape index (κ2) is 4.45. The van der Waals surface area contributed by atoms with E-state index >= 15 is 0 Å². The van der Waals surface area contributed by atoms with Crippen molar-refractivity contribution in [2.24, 2.45) is 0 Å². The van der Waals surface area contributed by atoms with Crippen LogP contribution in [0.1, 0.15) is 62.4 Å². The summed E-state index contributed by atoms with van der Waals surface area (Å²) in [4.78, 5) is 0. The predicted molar refractivity (Wildman–Crippen MR) is 74.6 cm³/mol. The molecule has 1 aromatic carbocycles. The van der Waals surface area contributed by atoms with Crippen molar-refractivity contribution in [1.29, 1.82) is 0 Å². The molecule has 0 fully saturated rings. The van der Waals surface area contributed by atoms with Crippen molar-refractivity contribution in [3.8, 4) is 0 Å². The first-order valence-corrected chi connectivity index (χ1v) is 6.87. The van der Waals surface area contributed by atoms with Gasteiger partial charge in [0.05, 0.1) is 0 Å². The summed E-state index contributed by atoms with van der Waals surface area (Å²) in [6, 6.07) is 5.45. The van der Waals surface area contributed by atoms with Crippen molar-refractivity contribution in [3.05, 3.63) is 34.4 Å². The van der Waals surface area contributed by atoms with Gasteiger partial charge in [-0.05, 0) is 54.0 Å². The zero-order valence-electron chi connectivity index (χ0n) is 11.9. The van der Waals surface area contributed by atoms with Gasteiger partial charge in [-0.25, -0.2) is 0 Å². The Hall–Kier alpha value is -0.820. The molecular weight excluding hydrogens is 206 g/mol. The third-order valence-corrected chi connectivity index (χ3v) is 4.30. The van der Waals surface area contributed by atoms with Gasteiger partial charge in [-0.2, -0.15) is 0 Å². The van der Waals surface area contributed by atoms with Crippen LogP contribution in [0, 0.1) is 0 Å². The van der Waals surface area contributed by atoms with E-state index in [9.17, 15) is 0 Å². The maximum Gasteiger partial charge on any atom is 0.0328 e. The average molecular weight is 231 g/mol. The zero-order chi connectivity index (χ0) is 12.6. The van der Waals surface area contributed by atoms with Crippen molar-refractivity contribution in [1.82, 2.24) is 5.32 Å². The molecule has 0 radical (unpaired) electrons. The highest BCUT2D eigenvalue weighted by molar-refractivity contribution is 5.47. The molecule has 0 aromatic heterocycles. The van der Waals surface area contributed by atoms with Gasteiger partial charge in [0.1, 0.15) is 0 Å². The molecule has 2 rings (SSSR count). The van der Waals surface area contributed by atoms with Gasteiger partial charge < -0.3 is 5.32 Å². The normalized spacial score (nSPS) is 21.6. The van der Waals surface area contributed by atoms with Crippen molar-refractivity contribution in [3.63, 3.8) is 0 Å². The largest absolute Gasteiger partial charge is 0.313 e. The van der Waals surface area contributed by atoms with Crippen LogP contribution in [0.4, 0.5) is 0 Å². The van der Waals surface area contributed by atoms with Crippen LogP contribution in [0.15, 0.2) is 12.1 Å². The molecular formula is C16H25N. The van der Waals surface area contributed by atoms with Crippen LogP contribution in [0.3, 0.4) is 0 Å². The molecule has 0 amide bonds. The van der Waals surface area contributed by atoms with Crippen LogP contribution >= 0.6 is 0 Å². The molecule has 0 aliphatic heterocycles. The van der Waals surface area contributed by atoms with Crippen LogP contribution in [-0.2, 0) is 18.3 Å². The van der Waals surface area contributed by atoms with Gasteiger partial charge in [0.15, 0.2) is 0 Å². The third-order valence-electron chi connectivity index (χ3n) is 4.30. The number of hydrogen-bond acceptors (Lipinski definition) is 1. The SMILES string of the molecule is CCc1cc2c(cc1CC)C(C)(C)CC2NC. The van der Waals surface area contributed by atoms with Gasteiger partial charge in [-0.3, -0.25) is 0 Å². The Balaban J connectivity index is 2.57. The second-order valence-electron chi connectivity index (χ2n) is 5.84. The smallest absolute Gasteiger partial charge is 0.0328 e. The van der Waals surface area contributed by atoms with E-state index in [1.807, 2.05) is 0 Å². The Bertz CT molecular complexity index is 418. The number of rotatable bonds is 3. The maximum absolute atomic E-state index is 3.46. The topological polar surface area (TPSA) is 12.0 Å². The van der Waals surface area contributed by atoms with Crippen molar-refractivity contribution < 1.29 is 0 Å². The minimum absolute atomic E-state index is 0.319. The van der Waals surface area contributed by atoms with Crippen LogP contribution in [0.25, 0.3) is 0 Å². The highest BCUT2D eigenvalue weighted by Gasteiger charge is 2.36. The summed E-state index contributed by atoms with van der Waals surface area (Å²) in [7, 11) is 2.08. The molecule has 0 spiro atoms. The summed E-state index contributed by atoms with van der Waals surface area (Å²) in [5.41, 5.74) is 6.48. The molecule has 0 saturated carbocycles. The fourth-order valence-electron chi connectivity index (χ4n) is 3.23. The van der Waals surface area contributed by atoms with Gasteiger partial charge >= 0.3 is 0 Å². The third kappa shape index (κ3) is 2.01. The number of nitrogens with one attached hydrogen (secondary N) is 1. The average Bonchev–Trinajstić information content (AvgIpc) is 2.58. The Kier molecular flexibility index (Phi) is 3.31. The number of hydrogen-bond donors (Lipinski definition) is 1. The first-order valence-electron chi connectivity index (χ1n) is 6.87. The first kappa shape index (κ1) is 12.6. The number of aryl methyl sites for hydroxylation is 2. The highest BCUT2D eigenvalue weighted by atomic mass is 14.9. The number of fused-ring (bicyclic) bond motifs is 1. The van der Waals surface area contributed by atoms with E-state index in [1.54, 1.807) is 5.56 Å². The lowest BCUT2D eigenvalue weighted by Crippen LogP contribution is -2.17. The summed E-state index contributed by atoms with van der Waals surface area (Å²) in [6.45, 7) is 9.26. The van der Waals surface area contributed by atoms with Gasteiger partial charge in [0.2, 0.25) is 0 Å². The second-order valence-corrected chi connectivity index (χ2v) is 5.84. The van der Waals surface area contributed by atoms with E-state index in [-0.39, 0.29) is 0 Å². The molecule has 1 unspecified atom stereocenters. The Morgan fingerprint density at radius 1 is 1.18 bits per heavy atom. The molecule has 1 atom stereocenters. The quantitative estimate of drug-likeness (QED) is 0.835. The summed E-state index contributed by atoms with van der Waals surface area (Å²) in [5, 5.41) is 3.46. The molecule has 1 nitrogen and oxygen atoms in total. The fraction of sp³-hybridized carbons (Fsp3) is 0.625. The van der Waals surface area contributed by atoms with E-state index in [0.29, 0.717) is 11.5 Å². The van der Waals surface area contributed by atoms with E-state index in [2.05, 4.69) is 52.2 Å². The van der Waals surface area contributed by atoms with Gasteiger partial charge in [-0.1, -0.05) is 39.8 Å². The van der Waals surface area contributed by atoms with Gasteiger partial charge in [0, 0.05) is 6.04 Å². The monoisotopic (exact) mass is 231 g/mol. The highest BCUT2D eigenvalue weighted by Crippen LogP contribution is 2.45. The lowest BCUT2D eigenvalue weighted by Gasteiger charge is -2.20. The van der Waals surface area contributed by atoms with Crippen molar-refractivity contribution >= 4 is 0 Å². The van der Waals surface area contributed by atoms with Gasteiger partial charge in [0.25, 0.3) is 0 Å². The van der Waals surface area contributed by atoms with Crippen molar-refractivity contribution in [2.75, 3.05) is 7.05 Å². The Morgan fingerprint density at radius 3 is 2.29 bits per heavy atom. The van der Waals surface area contributed by atoms with Crippen LogP contribution in [-0.4, -0.2) is 7.05 Å². The van der Waals surface area contributed by atoms with E-state index in [1.165, 1.54) is 23.1 Å². The fourth-order valence-corrected chi connectivity index (χ4v) is 3.23. The molecule has 17 heavy (non-hydrogen) atoms. The predicted octanol–water partition coefficient (Wildman–Crippen LogP) is 3.75. The lowest BCUT2D eigenvalue weighted by atomic mass is 9.84. The molecule has 1 aromatic rings. The minimum atomic E-state index is 0.319. The molecule has 94 valence electrons. The van der Waals surface area contributed by atoms with E-state index in [4.69, 9.17) is 0 Å². The molecule has 0 bridgehead atoms.